The van der Waals surface area contributed by atoms with Crippen molar-refractivity contribution in [2.75, 3.05) is 19.0 Å². The van der Waals surface area contributed by atoms with Gasteiger partial charge in [-0.15, -0.1) is 0 Å². The maximum absolute atomic E-state index is 13.6. The predicted molar refractivity (Wildman–Crippen MR) is 71.0 cm³/mol. The second-order valence-electron chi connectivity index (χ2n) is 4.36. The lowest BCUT2D eigenvalue weighted by Gasteiger charge is -2.17. The molecule has 2 rings (SSSR count). The lowest BCUT2D eigenvalue weighted by molar-refractivity contribution is 0.593. The summed E-state index contributed by atoms with van der Waals surface area (Å²) in [4.78, 5) is 5.71. The Balaban J connectivity index is 2.37. The Morgan fingerprint density at radius 1 is 1.28 bits per heavy atom. The van der Waals surface area contributed by atoms with E-state index in [0.717, 1.165) is 11.3 Å². The largest absolute Gasteiger partial charge is 0.378 e. The number of pyridine rings is 1. The van der Waals surface area contributed by atoms with E-state index in [4.69, 9.17) is 5.73 Å². The van der Waals surface area contributed by atoms with Crippen molar-refractivity contribution in [2.24, 2.45) is 5.73 Å². The summed E-state index contributed by atoms with van der Waals surface area (Å²) in [5, 5.41) is 0. The van der Waals surface area contributed by atoms with Crippen molar-refractivity contribution in [1.29, 1.82) is 0 Å². The average Bonchev–Trinajstić information content (AvgIpc) is 2.38. The lowest BCUT2D eigenvalue weighted by atomic mass is 9.99. The van der Waals surface area contributed by atoms with Crippen molar-refractivity contribution >= 4 is 5.69 Å². The van der Waals surface area contributed by atoms with Gasteiger partial charge in [0.05, 0.1) is 12.2 Å². The third-order valence-corrected chi connectivity index (χ3v) is 2.88. The molecule has 1 aromatic carbocycles. The molecular formula is C14H16FN3. The first kappa shape index (κ1) is 12.5. The average molecular weight is 245 g/mol. The molecule has 94 valence electrons. The minimum absolute atomic E-state index is 0.375. The fourth-order valence-corrected chi connectivity index (χ4v) is 1.81. The minimum Gasteiger partial charge on any atom is -0.378 e. The molecule has 0 spiro atoms. The highest BCUT2D eigenvalue weighted by Crippen LogP contribution is 2.24. The van der Waals surface area contributed by atoms with Crippen LogP contribution >= 0.6 is 0 Å². The molecule has 0 amide bonds. The molecule has 1 unspecified atom stereocenters. The van der Waals surface area contributed by atoms with Crippen molar-refractivity contribution in [3.8, 4) is 0 Å². The van der Waals surface area contributed by atoms with Crippen LogP contribution < -0.4 is 10.6 Å². The molecule has 0 saturated carbocycles. The van der Waals surface area contributed by atoms with Gasteiger partial charge in [0, 0.05) is 31.5 Å². The Labute approximate surface area is 106 Å². The van der Waals surface area contributed by atoms with E-state index in [-0.39, 0.29) is 5.82 Å². The predicted octanol–water partition coefficient (Wildman–Crippen LogP) is 2.33. The Bertz CT molecular complexity index is 540. The van der Waals surface area contributed by atoms with Crippen LogP contribution in [0.15, 0.2) is 42.7 Å². The molecule has 4 heteroatoms. The number of hydrogen-bond acceptors (Lipinski definition) is 3. The standard InChI is InChI=1S/C14H16FN3/c1-18(2)11-5-3-4-10(8-11)14(16)12-6-7-17-9-13(12)15/h3-9,14H,16H2,1-2H3. The van der Waals surface area contributed by atoms with Crippen molar-refractivity contribution in [3.05, 3.63) is 59.7 Å². The van der Waals surface area contributed by atoms with E-state index >= 15 is 0 Å². The van der Waals surface area contributed by atoms with Crippen LogP contribution in [0, 0.1) is 5.82 Å². The molecule has 1 atom stereocenters. The summed E-state index contributed by atoms with van der Waals surface area (Å²) >= 11 is 0. The van der Waals surface area contributed by atoms with Crippen molar-refractivity contribution in [3.63, 3.8) is 0 Å². The van der Waals surface area contributed by atoms with E-state index in [1.54, 1.807) is 12.3 Å². The first-order valence-electron chi connectivity index (χ1n) is 5.72. The number of aromatic nitrogens is 1. The maximum Gasteiger partial charge on any atom is 0.146 e. The summed E-state index contributed by atoms with van der Waals surface area (Å²) in [7, 11) is 3.91. The number of nitrogens with zero attached hydrogens (tertiary/aromatic N) is 2. The first-order chi connectivity index (χ1) is 8.59. The van der Waals surface area contributed by atoms with Crippen LogP contribution in [-0.2, 0) is 0 Å². The van der Waals surface area contributed by atoms with Gasteiger partial charge in [0.1, 0.15) is 5.82 Å². The Morgan fingerprint density at radius 2 is 2.06 bits per heavy atom. The van der Waals surface area contributed by atoms with Gasteiger partial charge in [0.2, 0.25) is 0 Å². The number of benzene rings is 1. The molecule has 18 heavy (non-hydrogen) atoms. The highest BCUT2D eigenvalue weighted by Gasteiger charge is 2.13. The molecular weight excluding hydrogens is 229 g/mol. The molecule has 0 radical (unpaired) electrons. The summed E-state index contributed by atoms with van der Waals surface area (Å²) in [5.41, 5.74) is 8.48. The molecule has 0 fully saturated rings. The third-order valence-electron chi connectivity index (χ3n) is 2.88. The second kappa shape index (κ2) is 5.14. The zero-order valence-electron chi connectivity index (χ0n) is 10.5. The molecule has 2 N–H and O–H groups in total. The second-order valence-corrected chi connectivity index (χ2v) is 4.36. The van der Waals surface area contributed by atoms with Crippen LogP contribution in [0.5, 0.6) is 0 Å². The Hall–Kier alpha value is -1.94. The zero-order chi connectivity index (χ0) is 13.1. The highest BCUT2D eigenvalue weighted by atomic mass is 19.1. The van der Waals surface area contributed by atoms with Crippen molar-refractivity contribution < 1.29 is 4.39 Å². The molecule has 0 aliphatic carbocycles. The summed E-state index contributed by atoms with van der Waals surface area (Å²) in [6.07, 6.45) is 2.74. The molecule has 1 heterocycles. The van der Waals surface area contributed by atoms with Gasteiger partial charge in [-0.25, -0.2) is 4.39 Å². The normalized spacial score (nSPS) is 12.2. The Kier molecular flexibility index (Phi) is 3.58. The SMILES string of the molecule is CN(C)c1cccc(C(N)c2ccncc2F)c1. The van der Waals surface area contributed by atoms with E-state index in [9.17, 15) is 4.39 Å². The monoisotopic (exact) mass is 245 g/mol. The van der Waals surface area contributed by atoms with Crippen molar-refractivity contribution in [2.45, 2.75) is 6.04 Å². The summed E-state index contributed by atoms with van der Waals surface area (Å²) in [6, 6.07) is 8.90. The van der Waals surface area contributed by atoms with Crippen LogP contribution in [0.4, 0.5) is 10.1 Å². The van der Waals surface area contributed by atoms with Crippen LogP contribution in [0.1, 0.15) is 17.2 Å². The molecule has 1 aromatic heterocycles. The van der Waals surface area contributed by atoms with Gasteiger partial charge in [-0.05, 0) is 23.8 Å². The van der Waals surface area contributed by atoms with Gasteiger partial charge in [0.25, 0.3) is 0 Å². The molecule has 0 aliphatic heterocycles. The molecule has 0 saturated heterocycles. The van der Waals surface area contributed by atoms with E-state index in [1.165, 1.54) is 6.20 Å². The van der Waals surface area contributed by atoms with Crippen LogP contribution in [0.25, 0.3) is 0 Å². The fourth-order valence-electron chi connectivity index (χ4n) is 1.81. The van der Waals surface area contributed by atoms with Crippen LogP contribution in [-0.4, -0.2) is 19.1 Å². The van der Waals surface area contributed by atoms with Gasteiger partial charge in [-0.1, -0.05) is 12.1 Å². The zero-order valence-corrected chi connectivity index (χ0v) is 10.5. The van der Waals surface area contributed by atoms with Crippen LogP contribution in [0.2, 0.25) is 0 Å². The quantitative estimate of drug-likeness (QED) is 0.902. The smallest absolute Gasteiger partial charge is 0.146 e. The molecule has 0 aliphatic rings. The van der Waals surface area contributed by atoms with E-state index in [1.807, 2.05) is 43.3 Å². The summed E-state index contributed by atoms with van der Waals surface area (Å²) < 4.78 is 13.6. The van der Waals surface area contributed by atoms with E-state index in [0.29, 0.717) is 5.56 Å². The van der Waals surface area contributed by atoms with Gasteiger partial charge in [0.15, 0.2) is 0 Å². The minimum atomic E-state index is -0.479. The molecule has 3 nitrogen and oxygen atoms in total. The number of halogens is 1. The first-order valence-corrected chi connectivity index (χ1v) is 5.72. The summed E-state index contributed by atoms with van der Waals surface area (Å²) in [6.45, 7) is 0. The molecule has 0 bridgehead atoms. The van der Waals surface area contributed by atoms with Gasteiger partial charge in [-0.3, -0.25) is 4.98 Å². The molecule has 2 aromatic rings. The van der Waals surface area contributed by atoms with Gasteiger partial charge in [-0.2, -0.15) is 0 Å². The number of anilines is 1. The maximum atomic E-state index is 13.6. The van der Waals surface area contributed by atoms with E-state index in [2.05, 4.69) is 4.98 Å². The highest BCUT2D eigenvalue weighted by molar-refractivity contribution is 5.49. The van der Waals surface area contributed by atoms with Crippen molar-refractivity contribution in [1.82, 2.24) is 4.98 Å². The number of rotatable bonds is 3. The third kappa shape index (κ3) is 2.49. The summed E-state index contributed by atoms with van der Waals surface area (Å²) in [5.74, 6) is -0.375. The van der Waals surface area contributed by atoms with Gasteiger partial charge < -0.3 is 10.6 Å². The lowest BCUT2D eigenvalue weighted by Crippen LogP contribution is -2.15. The Morgan fingerprint density at radius 3 is 2.72 bits per heavy atom. The van der Waals surface area contributed by atoms with E-state index < -0.39 is 6.04 Å². The van der Waals surface area contributed by atoms with Crippen LogP contribution in [0.3, 0.4) is 0 Å². The fraction of sp³-hybridized carbons (Fsp3) is 0.214. The topological polar surface area (TPSA) is 42.1 Å². The van der Waals surface area contributed by atoms with Gasteiger partial charge >= 0.3 is 0 Å². The number of nitrogens with two attached hydrogens (primary N) is 1. The number of hydrogen-bond donors (Lipinski definition) is 1.